The van der Waals surface area contributed by atoms with Crippen LogP contribution in [0.3, 0.4) is 0 Å². The minimum Gasteiger partial charge on any atom is -0.463 e. The number of benzene rings is 1. The van der Waals surface area contributed by atoms with Crippen LogP contribution in [0.4, 0.5) is 0 Å². The molecule has 0 unspecified atom stereocenters. The van der Waals surface area contributed by atoms with Crippen molar-refractivity contribution in [3.8, 4) is 0 Å². The van der Waals surface area contributed by atoms with Gasteiger partial charge in [0.1, 0.15) is 6.61 Å². The average molecular weight is 381 g/mol. The van der Waals surface area contributed by atoms with Crippen molar-refractivity contribution in [2.75, 3.05) is 26.3 Å². The standard InChI is InChI=1S/C19H27NO5S/c1-14-5-6-18(12-15(14)2)26(22,23)20-9-7-16(8-10-20)19(21)25-13-17-4-3-11-24-17/h5-6,12,16-17H,3-4,7-11,13H2,1-2H3/t17-/m1/s1. The fraction of sp³-hybridized carbons (Fsp3) is 0.632. The molecular weight excluding hydrogens is 354 g/mol. The summed E-state index contributed by atoms with van der Waals surface area (Å²) in [5, 5.41) is 0. The van der Waals surface area contributed by atoms with Gasteiger partial charge >= 0.3 is 5.97 Å². The van der Waals surface area contributed by atoms with Crippen LogP contribution >= 0.6 is 0 Å². The Morgan fingerprint density at radius 1 is 1.19 bits per heavy atom. The molecule has 144 valence electrons. The van der Waals surface area contributed by atoms with Gasteiger partial charge < -0.3 is 9.47 Å². The number of rotatable bonds is 5. The maximum Gasteiger partial charge on any atom is 0.309 e. The van der Waals surface area contributed by atoms with E-state index in [4.69, 9.17) is 9.47 Å². The number of hydrogen-bond donors (Lipinski definition) is 0. The first kappa shape index (κ1) is 19.3. The van der Waals surface area contributed by atoms with Crippen molar-refractivity contribution in [3.63, 3.8) is 0 Å². The number of ether oxygens (including phenoxy) is 2. The summed E-state index contributed by atoms with van der Waals surface area (Å²) in [5.74, 6) is -0.466. The van der Waals surface area contributed by atoms with Crippen LogP contribution in [0.2, 0.25) is 0 Å². The number of piperidine rings is 1. The lowest BCUT2D eigenvalue weighted by molar-refractivity contribution is -0.153. The third-order valence-electron chi connectivity index (χ3n) is 5.34. The lowest BCUT2D eigenvalue weighted by Crippen LogP contribution is -2.40. The Kier molecular flexibility index (Phi) is 5.99. The van der Waals surface area contributed by atoms with Gasteiger partial charge in [-0.15, -0.1) is 0 Å². The largest absolute Gasteiger partial charge is 0.463 e. The maximum absolute atomic E-state index is 12.8. The normalized spacial score (nSPS) is 22.5. The Bertz CT molecular complexity index is 747. The van der Waals surface area contributed by atoms with Gasteiger partial charge in [0.05, 0.1) is 16.9 Å². The lowest BCUT2D eigenvalue weighted by Gasteiger charge is -2.30. The Morgan fingerprint density at radius 3 is 2.54 bits per heavy atom. The molecule has 0 aliphatic carbocycles. The SMILES string of the molecule is Cc1ccc(S(=O)(=O)N2CCC(C(=O)OC[C@H]3CCCO3)CC2)cc1C. The molecule has 1 atom stereocenters. The van der Waals surface area contributed by atoms with Crippen molar-refractivity contribution in [3.05, 3.63) is 29.3 Å². The lowest BCUT2D eigenvalue weighted by atomic mass is 9.98. The second-order valence-corrected chi connectivity index (χ2v) is 9.13. The summed E-state index contributed by atoms with van der Waals surface area (Å²) < 4.78 is 37.9. The summed E-state index contributed by atoms with van der Waals surface area (Å²) in [6.45, 7) is 5.59. The van der Waals surface area contributed by atoms with E-state index in [2.05, 4.69) is 0 Å². The maximum atomic E-state index is 12.8. The Hall–Kier alpha value is -1.44. The molecule has 2 fully saturated rings. The fourth-order valence-electron chi connectivity index (χ4n) is 3.42. The predicted octanol–water partition coefficient (Wildman–Crippen LogP) is 2.43. The summed E-state index contributed by atoms with van der Waals surface area (Å²) in [6.07, 6.45) is 2.95. The van der Waals surface area contributed by atoms with Crippen LogP contribution in [-0.4, -0.2) is 51.1 Å². The van der Waals surface area contributed by atoms with Crippen molar-refractivity contribution in [2.45, 2.75) is 50.5 Å². The van der Waals surface area contributed by atoms with Gasteiger partial charge in [0.25, 0.3) is 0 Å². The van der Waals surface area contributed by atoms with Gasteiger partial charge in [0, 0.05) is 19.7 Å². The van der Waals surface area contributed by atoms with E-state index in [1.807, 2.05) is 19.9 Å². The van der Waals surface area contributed by atoms with E-state index >= 15 is 0 Å². The van der Waals surface area contributed by atoms with E-state index in [1.165, 1.54) is 4.31 Å². The third kappa shape index (κ3) is 4.27. The van der Waals surface area contributed by atoms with Crippen LogP contribution in [0.5, 0.6) is 0 Å². The number of nitrogens with zero attached hydrogens (tertiary/aromatic N) is 1. The second kappa shape index (κ2) is 8.06. The quantitative estimate of drug-likeness (QED) is 0.733. The van der Waals surface area contributed by atoms with Gasteiger partial charge in [-0.3, -0.25) is 4.79 Å². The molecule has 0 aromatic heterocycles. The van der Waals surface area contributed by atoms with Crippen molar-refractivity contribution >= 4 is 16.0 Å². The van der Waals surface area contributed by atoms with Gasteiger partial charge in [0.15, 0.2) is 0 Å². The number of sulfonamides is 1. The van der Waals surface area contributed by atoms with Crippen molar-refractivity contribution in [1.82, 2.24) is 4.31 Å². The second-order valence-electron chi connectivity index (χ2n) is 7.19. The van der Waals surface area contributed by atoms with Crippen LogP contribution in [0.25, 0.3) is 0 Å². The third-order valence-corrected chi connectivity index (χ3v) is 7.23. The summed E-state index contributed by atoms with van der Waals surface area (Å²) in [5.41, 5.74) is 2.02. The monoisotopic (exact) mass is 381 g/mol. The zero-order valence-corrected chi connectivity index (χ0v) is 16.3. The smallest absolute Gasteiger partial charge is 0.309 e. The molecule has 6 nitrogen and oxygen atoms in total. The van der Waals surface area contributed by atoms with E-state index in [0.717, 1.165) is 30.6 Å². The average Bonchev–Trinajstić information content (AvgIpc) is 3.15. The van der Waals surface area contributed by atoms with Crippen LogP contribution in [0.15, 0.2) is 23.1 Å². The molecule has 3 rings (SSSR count). The Balaban J connectivity index is 1.55. The molecule has 2 saturated heterocycles. The molecule has 26 heavy (non-hydrogen) atoms. The molecule has 0 bridgehead atoms. The zero-order chi connectivity index (χ0) is 18.7. The number of hydrogen-bond acceptors (Lipinski definition) is 5. The molecule has 0 radical (unpaired) electrons. The minimum atomic E-state index is -3.51. The molecule has 2 aliphatic rings. The summed E-state index contributed by atoms with van der Waals surface area (Å²) in [6, 6.07) is 5.20. The van der Waals surface area contributed by atoms with E-state index in [-0.39, 0.29) is 18.0 Å². The van der Waals surface area contributed by atoms with Crippen LogP contribution in [-0.2, 0) is 24.3 Å². The van der Waals surface area contributed by atoms with Crippen LogP contribution in [0.1, 0.15) is 36.8 Å². The van der Waals surface area contributed by atoms with Gasteiger partial charge in [-0.1, -0.05) is 6.07 Å². The first-order valence-electron chi connectivity index (χ1n) is 9.23. The number of carbonyl (C=O) groups is 1. The van der Waals surface area contributed by atoms with Crippen molar-refractivity contribution in [1.29, 1.82) is 0 Å². The topological polar surface area (TPSA) is 72.9 Å². The number of esters is 1. The van der Waals surface area contributed by atoms with Gasteiger partial charge in [-0.05, 0) is 62.8 Å². The van der Waals surface area contributed by atoms with Crippen molar-refractivity contribution < 1.29 is 22.7 Å². The molecule has 7 heteroatoms. The number of aryl methyl sites for hydroxylation is 2. The Labute approximate surface area is 155 Å². The Morgan fingerprint density at radius 2 is 1.92 bits per heavy atom. The van der Waals surface area contributed by atoms with Gasteiger partial charge in [0.2, 0.25) is 10.0 Å². The van der Waals surface area contributed by atoms with E-state index in [0.29, 0.717) is 37.4 Å². The molecule has 0 spiro atoms. The molecule has 1 aromatic rings. The van der Waals surface area contributed by atoms with Gasteiger partial charge in [-0.25, -0.2) is 8.42 Å². The molecule has 2 aliphatic heterocycles. The van der Waals surface area contributed by atoms with E-state index in [9.17, 15) is 13.2 Å². The zero-order valence-electron chi connectivity index (χ0n) is 15.4. The molecule has 1 aromatic carbocycles. The van der Waals surface area contributed by atoms with Crippen LogP contribution in [0, 0.1) is 19.8 Å². The minimum absolute atomic E-state index is 0.0178. The first-order valence-corrected chi connectivity index (χ1v) is 10.7. The van der Waals surface area contributed by atoms with Crippen LogP contribution < -0.4 is 0 Å². The predicted molar refractivity (Wildman–Crippen MR) is 97.3 cm³/mol. The molecular formula is C19H27NO5S. The van der Waals surface area contributed by atoms with E-state index in [1.54, 1.807) is 12.1 Å². The highest BCUT2D eigenvalue weighted by Crippen LogP contribution is 2.26. The fourth-order valence-corrected chi connectivity index (χ4v) is 4.98. The first-order chi connectivity index (χ1) is 12.4. The molecule has 0 amide bonds. The van der Waals surface area contributed by atoms with E-state index < -0.39 is 10.0 Å². The summed E-state index contributed by atoms with van der Waals surface area (Å²) >= 11 is 0. The summed E-state index contributed by atoms with van der Waals surface area (Å²) in [4.78, 5) is 12.5. The molecule has 2 heterocycles. The highest BCUT2D eigenvalue weighted by atomic mass is 32.2. The highest BCUT2D eigenvalue weighted by molar-refractivity contribution is 7.89. The summed E-state index contributed by atoms with van der Waals surface area (Å²) in [7, 11) is -3.51. The molecule has 0 N–H and O–H groups in total. The van der Waals surface area contributed by atoms with Crippen molar-refractivity contribution in [2.24, 2.45) is 5.92 Å². The highest BCUT2D eigenvalue weighted by Gasteiger charge is 2.33. The molecule has 0 saturated carbocycles. The van der Waals surface area contributed by atoms with Gasteiger partial charge in [-0.2, -0.15) is 4.31 Å². The number of carbonyl (C=O) groups excluding carboxylic acids is 1.